The molecule has 0 heterocycles. The molecule has 0 aliphatic rings. The van der Waals surface area contributed by atoms with Crippen molar-refractivity contribution in [2.75, 3.05) is 0 Å². The molecule has 1 unspecified atom stereocenters. The minimum atomic E-state index is -3.85. The SMILES string of the molecule is CC(C(=O)O)S(=O)(=O)Cc1ccc(F)cc1Cl. The van der Waals surface area contributed by atoms with Crippen molar-refractivity contribution in [3.8, 4) is 0 Å². The third kappa shape index (κ3) is 3.41. The van der Waals surface area contributed by atoms with Crippen molar-refractivity contribution in [1.29, 1.82) is 0 Å². The molecule has 0 saturated carbocycles. The van der Waals surface area contributed by atoms with Gasteiger partial charge in [0.1, 0.15) is 5.82 Å². The Balaban J connectivity index is 3.02. The predicted octanol–water partition coefficient (Wildman–Crippen LogP) is 1.87. The number of benzene rings is 1. The molecular weight excluding hydrogens is 271 g/mol. The van der Waals surface area contributed by atoms with Crippen LogP contribution >= 0.6 is 11.6 Å². The summed E-state index contributed by atoms with van der Waals surface area (Å²) in [5.74, 6) is -2.54. The lowest BCUT2D eigenvalue weighted by atomic mass is 10.2. The van der Waals surface area contributed by atoms with E-state index in [1.165, 1.54) is 6.07 Å². The average Bonchev–Trinajstić information content (AvgIpc) is 2.21. The van der Waals surface area contributed by atoms with E-state index in [-0.39, 0.29) is 10.6 Å². The second kappa shape index (κ2) is 5.01. The lowest BCUT2D eigenvalue weighted by Gasteiger charge is -2.09. The summed E-state index contributed by atoms with van der Waals surface area (Å²) in [7, 11) is -3.85. The normalized spacial score (nSPS) is 13.4. The first-order valence-electron chi connectivity index (χ1n) is 4.62. The fourth-order valence-electron chi connectivity index (χ4n) is 1.13. The molecule has 0 radical (unpaired) electrons. The monoisotopic (exact) mass is 280 g/mol. The average molecular weight is 281 g/mol. The van der Waals surface area contributed by atoms with Crippen molar-refractivity contribution >= 4 is 27.4 Å². The van der Waals surface area contributed by atoms with E-state index in [9.17, 15) is 17.6 Å². The maximum atomic E-state index is 12.7. The van der Waals surface area contributed by atoms with Gasteiger partial charge in [0.25, 0.3) is 0 Å². The quantitative estimate of drug-likeness (QED) is 0.914. The van der Waals surface area contributed by atoms with Gasteiger partial charge in [-0.25, -0.2) is 12.8 Å². The number of aliphatic carboxylic acids is 1. The van der Waals surface area contributed by atoms with Crippen molar-refractivity contribution in [3.05, 3.63) is 34.6 Å². The van der Waals surface area contributed by atoms with Crippen LogP contribution in [0.5, 0.6) is 0 Å². The van der Waals surface area contributed by atoms with Crippen LogP contribution in [0.3, 0.4) is 0 Å². The second-order valence-corrected chi connectivity index (χ2v) is 6.25. The molecule has 17 heavy (non-hydrogen) atoms. The van der Waals surface area contributed by atoms with Gasteiger partial charge in [-0.1, -0.05) is 17.7 Å². The highest BCUT2D eigenvalue weighted by molar-refractivity contribution is 7.92. The van der Waals surface area contributed by atoms with Gasteiger partial charge >= 0.3 is 5.97 Å². The highest BCUT2D eigenvalue weighted by Crippen LogP contribution is 2.21. The van der Waals surface area contributed by atoms with E-state index in [1.807, 2.05) is 0 Å². The number of carboxylic acid groups (broad SMARTS) is 1. The van der Waals surface area contributed by atoms with Gasteiger partial charge in [-0.2, -0.15) is 0 Å². The number of rotatable bonds is 4. The first-order chi connectivity index (χ1) is 7.74. The van der Waals surface area contributed by atoms with E-state index in [2.05, 4.69) is 0 Å². The van der Waals surface area contributed by atoms with E-state index in [0.717, 1.165) is 19.1 Å². The number of carbonyl (C=O) groups is 1. The molecule has 0 spiro atoms. The molecule has 1 aromatic carbocycles. The van der Waals surface area contributed by atoms with E-state index in [0.29, 0.717) is 0 Å². The highest BCUT2D eigenvalue weighted by atomic mass is 35.5. The van der Waals surface area contributed by atoms with Gasteiger partial charge in [0.05, 0.1) is 5.75 Å². The number of sulfone groups is 1. The maximum absolute atomic E-state index is 12.7. The standard InChI is InChI=1S/C10H10ClFO4S/c1-6(10(13)14)17(15,16)5-7-2-3-8(12)4-9(7)11/h2-4,6H,5H2,1H3,(H,13,14). The Kier molecular flexibility index (Phi) is 4.11. The molecule has 1 N–H and O–H groups in total. The topological polar surface area (TPSA) is 71.4 Å². The minimum Gasteiger partial charge on any atom is -0.480 e. The Bertz CT molecular complexity index is 541. The molecule has 1 atom stereocenters. The molecule has 0 fully saturated rings. The van der Waals surface area contributed by atoms with Crippen LogP contribution in [0.2, 0.25) is 5.02 Å². The summed E-state index contributed by atoms with van der Waals surface area (Å²) in [6.07, 6.45) is 0. The highest BCUT2D eigenvalue weighted by Gasteiger charge is 2.28. The molecule has 0 amide bonds. The van der Waals surface area contributed by atoms with Crippen LogP contribution in [-0.4, -0.2) is 24.7 Å². The zero-order valence-electron chi connectivity index (χ0n) is 8.85. The van der Waals surface area contributed by atoms with Crippen LogP contribution in [0.4, 0.5) is 4.39 Å². The maximum Gasteiger partial charge on any atom is 0.321 e. The second-order valence-electron chi connectivity index (χ2n) is 3.52. The van der Waals surface area contributed by atoms with Gasteiger partial charge in [0.15, 0.2) is 15.1 Å². The Morgan fingerprint density at radius 3 is 2.59 bits per heavy atom. The van der Waals surface area contributed by atoms with Crippen molar-refractivity contribution in [1.82, 2.24) is 0 Å². The smallest absolute Gasteiger partial charge is 0.321 e. The molecule has 0 aromatic heterocycles. The fourth-order valence-corrected chi connectivity index (χ4v) is 2.69. The first kappa shape index (κ1) is 13.9. The van der Waals surface area contributed by atoms with Gasteiger partial charge in [-0.05, 0) is 24.6 Å². The Labute approximate surface area is 103 Å². The molecule has 0 aliphatic carbocycles. The van der Waals surface area contributed by atoms with Crippen LogP contribution in [0.15, 0.2) is 18.2 Å². The third-order valence-electron chi connectivity index (χ3n) is 2.26. The van der Waals surface area contributed by atoms with Crippen LogP contribution in [0.25, 0.3) is 0 Å². The van der Waals surface area contributed by atoms with Crippen molar-refractivity contribution in [2.45, 2.75) is 17.9 Å². The van der Waals surface area contributed by atoms with Gasteiger partial charge in [0.2, 0.25) is 0 Å². The Hall–Kier alpha value is -1.14. The van der Waals surface area contributed by atoms with E-state index in [4.69, 9.17) is 16.7 Å². The van der Waals surface area contributed by atoms with Gasteiger partial charge in [0, 0.05) is 5.02 Å². The van der Waals surface area contributed by atoms with E-state index >= 15 is 0 Å². The zero-order chi connectivity index (χ0) is 13.2. The van der Waals surface area contributed by atoms with Gasteiger partial charge < -0.3 is 5.11 Å². The summed E-state index contributed by atoms with van der Waals surface area (Å²) in [6.45, 7) is 1.08. The Morgan fingerprint density at radius 2 is 2.12 bits per heavy atom. The number of carboxylic acids is 1. The Morgan fingerprint density at radius 1 is 1.53 bits per heavy atom. The lowest BCUT2D eigenvalue weighted by molar-refractivity contribution is -0.136. The van der Waals surface area contributed by atoms with Gasteiger partial charge in [-0.15, -0.1) is 0 Å². The molecule has 0 bridgehead atoms. The molecule has 7 heteroatoms. The predicted molar refractivity (Wildman–Crippen MR) is 61.1 cm³/mol. The number of hydrogen-bond acceptors (Lipinski definition) is 3. The molecular formula is C10H10ClFO4S. The lowest BCUT2D eigenvalue weighted by Crippen LogP contribution is -2.28. The van der Waals surface area contributed by atoms with Crippen LogP contribution in [0.1, 0.15) is 12.5 Å². The van der Waals surface area contributed by atoms with Crippen molar-refractivity contribution < 1.29 is 22.7 Å². The number of hydrogen-bond donors (Lipinski definition) is 1. The molecule has 0 saturated heterocycles. The first-order valence-corrected chi connectivity index (χ1v) is 6.71. The minimum absolute atomic E-state index is 0.0360. The molecule has 1 aromatic rings. The molecule has 94 valence electrons. The van der Waals surface area contributed by atoms with E-state index in [1.54, 1.807) is 0 Å². The summed E-state index contributed by atoms with van der Waals surface area (Å²) in [4.78, 5) is 10.6. The summed E-state index contributed by atoms with van der Waals surface area (Å²) in [5, 5.41) is 7.08. The molecule has 4 nitrogen and oxygen atoms in total. The van der Waals surface area contributed by atoms with Crippen molar-refractivity contribution in [3.63, 3.8) is 0 Å². The summed E-state index contributed by atoms with van der Waals surface area (Å²) in [5.41, 5.74) is 0.182. The van der Waals surface area contributed by atoms with Crippen LogP contribution in [0, 0.1) is 5.82 Å². The van der Waals surface area contributed by atoms with E-state index < -0.39 is 32.6 Å². The summed E-state index contributed by atoms with van der Waals surface area (Å²) < 4.78 is 36.0. The summed E-state index contributed by atoms with van der Waals surface area (Å²) in [6, 6.07) is 3.28. The number of halogens is 2. The van der Waals surface area contributed by atoms with Crippen LogP contribution < -0.4 is 0 Å². The molecule has 0 aliphatic heterocycles. The fraction of sp³-hybridized carbons (Fsp3) is 0.300. The van der Waals surface area contributed by atoms with Gasteiger partial charge in [-0.3, -0.25) is 4.79 Å². The van der Waals surface area contributed by atoms with Crippen LogP contribution in [-0.2, 0) is 20.4 Å². The van der Waals surface area contributed by atoms with Crippen molar-refractivity contribution in [2.24, 2.45) is 0 Å². The molecule has 1 rings (SSSR count). The zero-order valence-corrected chi connectivity index (χ0v) is 10.4. The largest absolute Gasteiger partial charge is 0.480 e. The summed E-state index contributed by atoms with van der Waals surface area (Å²) >= 11 is 5.67. The third-order valence-corrected chi connectivity index (χ3v) is 4.60.